The molecule has 0 unspecified atom stereocenters. The van der Waals surface area contributed by atoms with E-state index in [1.165, 1.54) is 0 Å². The van der Waals surface area contributed by atoms with Crippen molar-refractivity contribution in [2.45, 2.75) is 12.8 Å². The monoisotopic (exact) mass is 263 g/mol. The average Bonchev–Trinajstić information content (AvgIpc) is 2.35. The van der Waals surface area contributed by atoms with Crippen molar-refractivity contribution < 1.29 is 9.59 Å². The molecule has 0 fully saturated rings. The number of aryl methyl sites for hydroxylation is 1. The molecular weight excluding hydrogens is 246 g/mol. The summed E-state index contributed by atoms with van der Waals surface area (Å²) < 4.78 is 0. The summed E-state index contributed by atoms with van der Waals surface area (Å²) in [5.74, 6) is 0.0126. The molecule has 102 valence electrons. The number of hydrogen-bond acceptors (Lipinski definition) is 4. The first kappa shape index (κ1) is 13.0. The normalized spacial score (nSPS) is 13.4. The summed E-state index contributed by atoms with van der Waals surface area (Å²) in [4.78, 5) is 21.8. The van der Waals surface area contributed by atoms with Crippen molar-refractivity contribution in [2.24, 2.45) is 5.73 Å². The molecule has 7 heteroatoms. The molecule has 0 aliphatic carbocycles. The van der Waals surface area contributed by atoms with Crippen LogP contribution in [0.4, 0.5) is 21.9 Å². The molecule has 0 spiro atoms. The number of nitrogens with two attached hydrogens (primary N) is 2. The molecule has 0 atom stereocenters. The van der Waals surface area contributed by atoms with Crippen molar-refractivity contribution in [3.63, 3.8) is 0 Å². The van der Waals surface area contributed by atoms with E-state index in [0.29, 0.717) is 31.6 Å². The number of nitrogen functional groups attached to an aromatic ring is 1. The fourth-order valence-electron chi connectivity index (χ4n) is 1.98. The van der Waals surface area contributed by atoms with Crippen LogP contribution < -0.4 is 27.4 Å². The van der Waals surface area contributed by atoms with Crippen molar-refractivity contribution in [3.8, 4) is 0 Å². The fourth-order valence-corrected chi connectivity index (χ4v) is 1.98. The summed E-state index contributed by atoms with van der Waals surface area (Å²) in [7, 11) is 0. The Morgan fingerprint density at radius 2 is 2.11 bits per heavy atom. The molecule has 1 aliphatic heterocycles. The molecule has 19 heavy (non-hydrogen) atoms. The maximum Gasteiger partial charge on any atom is 0.312 e. The maximum atomic E-state index is 11.3. The van der Waals surface area contributed by atoms with Crippen LogP contribution in [-0.4, -0.2) is 25.0 Å². The average molecular weight is 263 g/mol. The third-order valence-corrected chi connectivity index (χ3v) is 2.91. The molecule has 2 rings (SSSR count). The lowest BCUT2D eigenvalue weighted by Gasteiger charge is -2.19. The summed E-state index contributed by atoms with van der Waals surface area (Å²) in [5, 5.41) is 8.37. The molecule has 0 saturated heterocycles. The summed E-state index contributed by atoms with van der Waals surface area (Å²) in [6, 6.07) is 3.11. The number of fused-ring (bicyclic) bond motifs is 1. The van der Waals surface area contributed by atoms with Crippen LogP contribution in [0.15, 0.2) is 12.1 Å². The van der Waals surface area contributed by atoms with Gasteiger partial charge in [-0.15, -0.1) is 0 Å². The third kappa shape index (κ3) is 3.27. The molecule has 1 aromatic carbocycles. The Morgan fingerprint density at radius 3 is 2.84 bits per heavy atom. The Balaban J connectivity index is 2.02. The van der Waals surface area contributed by atoms with E-state index in [2.05, 4.69) is 16.0 Å². The Morgan fingerprint density at radius 1 is 1.32 bits per heavy atom. The predicted molar refractivity (Wildman–Crippen MR) is 73.9 cm³/mol. The second kappa shape index (κ2) is 5.47. The predicted octanol–water partition coefficient (Wildman–Crippen LogP) is 0.234. The molecule has 1 aliphatic rings. The molecule has 0 saturated carbocycles. The van der Waals surface area contributed by atoms with E-state index in [1.54, 1.807) is 0 Å². The molecule has 7 nitrogen and oxygen atoms in total. The smallest absolute Gasteiger partial charge is 0.312 e. The van der Waals surface area contributed by atoms with Gasteiger partial charge in [0.25, 0.3) is 0 Å². The van der Waals surface area contributed by atoms with Crippen LogP contribution in [0.5, 0.6) is 0 Å². The number of anilines is 3. The van der Waals surface area contributed by atoms with Gasteiger partial charge in [0.1, 0.15) is 0 Å². The molecule has 1 aromatic rings. The first-order valence-corrected chi connectivity index (χ1v) is 6.05. The number of carbonyl (C=O) groups excluding carboxylic acids is 2. The number of benzene rings is 1. The second-order valence-corrected chi connectivity index (χ2v) is 4.36. The minimum Gasteiger partial charge on any atom is -0.397 e. The SMILES string of the molecule is NC(=O)NCCNc1cc2c(cc1N)CCC(=O)N2. The van der Waals surface area contributed by atoms with Crippen molar-refractivity contribution in [3.05, 3.63) is 17.7 Å². The van der Waals surface area contributed by atoms with Crippen LogP contribution in [0, 0.1) is 0 Å². The van der Waals surface area contributed by atoms with Crippen molar-refractivity contribution >= 4 is 29.0 Å². The lowest BCUT2D eigenvalue weighted by atomic mass is 10.0. The van der Waals surface area contributed by atoms with Gasteiger partial charge in [-0.2, -0.15) is 0 Å². The van der Waals surface area contributed by atoms with E-state index in [4.69, 9.17) is 11.5 Å². The molecular formula is C12H17N5O2. The van der Waals surface area contributed by atoms with Gasteiger partial charge < -0.3 is 27.4 Å². The second-order valence-electron chi connectivity index (χ2n) is 4.36. The van der Waals surface area contributed by atoms with E-state index in [-0.39, 0.29) is 5.91 Å². The number of rotatable bonds is 4. The minimum atomic E-state index is -0.563. The van der Waals surface area contributed by atoms with Gasteiger partial charge in [0.15, 0.2) is 0 Å². The number of carbonyl (C=O) groups is 2. The summed E-state index contributed by atoms with van der Waals surface area (Å²) in [6.45, 7) is 0.901. The van der Waals surface area contributed by atoms with Gasteiger partial charge in [-0.3, -0.25) is 4.79 Å². The summed E-state index contributed by atoms with van der Waals surface area (Å²) >= 11 is 0. The highest BCUT2D eigenvalue weighted by Gasteiger charge is 2.16. The van der Waals surface area contributed by atoms with Crippen LogP contribution in [-0.2, 0) is 11.2 Å². The van der Waals surface area contributed by atoms with Crippen LogP contribution >= 0.6 is 0 Å². The Bertz CT molecular complexity index is 515. The molecule has 1 heterocycles. The third-order valence-electron chi connectivity index (χ3n) is 2.91. The number of amides is 3. The van der Waals surface area contributed by atoms with Gasteiger partial charge in [-0.1, -0.05) is 0 Å². The molecule has 7 N–H and O–H groups in total. The van der Waals surface area contributed by atoms with Crippen molar-refractivity contribution in [1.29, 1.82) is 0 Å². The van der Waals surface area contributed by atoms with Crippen molar-refractivity contribution in [2.75, 3.05) is 29.5 Å². The number of nitrogens with one attached hydrogen (secondary N) is 3. The van der Waals surface area contributed by atoms with E-state index in [9.17, 15) is 9.59 Å². The van der Waals surface area contributed by atoms with Crippen molar-refractivity contribution in [1.82, 2.24) is 5.32 Å². The van der Waals surface area contributed by atoms with Gasteiger partial charge in [-0.25, -0.2) is 4.79 Å². The first-order chi connectivity index (χ1) is 9.06. The Hall–Kier alpha value is -2.44. The zero-order valence-corrected chi connectivity index (χ0v) is 10.5. The topological polar surface area (TPSA) is 122 Å². The Labute approximate surface area is 110 Å². The highest BCUT2D eigenvalue weighted by atomic mass is 16.2. The number of urea groups is 1. The van der Waals surface area contributed by atoms with Gasteiger partial charge >= 0.3 is 6.03 Å². The van der Waals surface area contributed by atoms with Gasteiger partial charge in [0, 0.05) is 25.2 Å². The van der Waals surface area contributed by atoms with Crippen LogP contribution in [0.1, 0.15) is 12.0 Å². The van der Waals surface area contributed by atoms with Gasteiger partial charge in [-0.05, 0) is 24.1 Å². The fraction of sp³-hybridized carbons (Fsp3) is 0.333. The molecule has 0 radical (unpaired) electrons. The first-order valence-electron chi connectivity index (χ1n) is 6.05. The zero-order chi connectivity index (χ0) is 13.8. The summed E-state index contributed by atoms with van der Waals surface area (Å²) in [6.07, 6.45) is 1.19. The van der Waals surface area contributed by atoms with E-state index in [1.807, 2.05) is 12.1 Å². The highest BCUT2D eigenvalue weighted by Crippen LogP contribution is 2.30. The van der Waals surface area contributed by atoms with Gasteiger partial charge in [0.05, 0.1) is 11.4 Å². The standard InChI is InChI=1S/C12H17N5O2/c13-8-5-7-1-2-11(18)17-9(7)6-10(8)15-3-4-16-12(14)19/h5-6,15H,1-4,13H2,(H,17,18)(H3,14,16,19). The van der Waals surface area contributed by atoms with E-state index < -0.39 is 6.03 Å². The lowest BCUT2D eigenvalue weighted by molar-refractivity contribution is -0.116. The largest absolute Gasteiger partial charge is 0.397 e. The quantitative estimate of drug-likeness (QED) is 0.394. The molecule has 0 bridgehead atoms. The minimum absolute atomic E-state index is 0.0126. The van der Waals surface area contributed by atoms with E-state index in [0.717, 1.165) is 16.9 Å². The maximum absolute atomic E-state index is 11.3. The summed E-state index contributed by atoms with van der Waals surface area (Å²) in [5.41, 5.74) is 14.1. The van der Waals surface area contributed by atoms with Crippen LogP contribution in [0.3, 0.4) is 0 Å². The van der Waals surface area contributed by atoms with E-state index >= 15 is 0 Å². The molecule has 0 aromatic heterocycles. The molecule has 3 amide bonds. The lowest BCUT2D eigenvalue weighted by Crippen LogP contribution is -2.33. The zero-order valence-electron chi connectivity index (χ0n) is 10.5. The Kier molecular flexibility index (Phi) is 3.74. The number of primary amides is 1. The van der Waals surface area contributed by atoms with Crippen LogP contribution in [0.25, 0.3) is 0 Å². The number of hydrogen-bond donors (Lipinski definition) is 5. The van der Waals surface area contributed by atoms with Crippen LogP contribution in [0.2, 0.25) is 0 Å². The highest BCUT2D eigenvalue weighted by molar-refractivity contribution is 5.95. The van der Waals surface area contributed by atoms with Gasteiger partial charge in [0.2, 0.25) is 5.91 Å².